The van der Waals surface area contributed by atoms with Gasteiger partial charge in [0.15, 0.2) is 5.78 Å². The number of pyridine rings is 1. The van der Waals surface area contributed by atoms with Crippen LogP contribution in [-0.4, -0.2) is 10.8 Å². The van der Waals surface area contributed by atoms with Gasteiger partial charge in [-0.3, -0.25) is 9.78 Å². The molecule has 0 N–H and O–H groups in total. The van der Waals surface area contributed by atoms with Gasteiger partial charge < -0.3 is 0 Å². The third kappa shape index (κ3) is 4.01. The highest BCUT2D eigenvalue weighted by Gasteiger charge is 2.30. The van der Waals surface area contributed by atoms with Crippen molar-refractivity contribution in [3.8, 4) is 0 Å². The Labute approximate surface area is 97.2 Å². The fourth-order valence-corrected chi connectivity index (χ4v) is 1.18. The molecule has 0 fully saturated rings. The zero-order chi connectivity index (χ0) is 13.1. The van der Waals surface area contributed by atoms with Crippen LogP contribution in [0.2, 0.25) is 0 Å². The Morgan fingerprint density at radius 2 is 2.00 bits per heavy atom. The maximum Gasteiger partial charge on any atom is 0.417 e. The number of ketones is 1. The summed E-state index contributed by atoms with van der Waals surface area (Å²) in [5.41, 5.74) is 0.0541. The third-order valence-corrected chi connectivity index (χ3v) is 2.16. The summed E-state index contributed by atoms with van der Waals surface area (Å²) in [6.45, 7) is 5.43. The van der Waals surface area contributed by atoms with Crippen LogP contribution in [-0.2, 0) is 6.18 Å². The van der Waals surface area contributed by atoms with Crippen molar-refractivity contribution >= 4 is 5.78 Å². The Kier molecular flexibility index (Phi) is 4.04. The van der Waals surface area contributed by atoms with Crippen molar-refractivity contribution in [2.45, 2.75) is 25.9 Å². The molecule has 1 aromatic heterocycles. The lowest BCUT2D eigenvalue weighted by atomic mass is 10.1. The summed E-state index contributed by atoms with van der Waals surface area (Å²) in [5.74, 6) is -0.276. The van der Waals surface area contributed by atoms with Gasteiger partial charge in [-0.05, 0) is 25.5 Å². The van der Waals surface area contributed by atoms with Crippen molar-refractivity contribution in [3.63, 3.8) is 0 Å². The van der Waals surface area contributed by atoms with Crippen LogP contribution in [0.1, 0.15) is 35.8 Å². The lowest BCUT2D eigenvalue weighted by molar-refractivity contribution is -0.137. The molecule has 5 heteroatoms. The number of halogens is 3. The van der Waals surface area contributed by atoms with Gasteiger partial charge in [-0.1, -0.05) is 5.57 Å². The molecule has 17 heavy (non-hydrogen) atoms. The summed E-state index contributed by atoms with van der Waals surface area (Å²) in [6.07, 6.45) is -3.02. The van der Waals surface area contributed by atoms with Crippen molar-refractivity contribution in [2.75, 3.05) is 0 Å². The van der Waals surface area contributed by atoms with Gasteiger partial charge in [0, 0.05) is 12.6 Å². The Bertz CT molecular complexity index is 420. The molecule has 0 unspecified atom stereocenters. The van der Waals surface area contributed by atoms with Crippen LogP contribution >= 0.6 is 0 Å². The average molecular weight is 243 g/mol. The molecule has 1 heterocycles. The molecule has 2 nitrogen and oxygen atoms in total. The van der Waals surface area contributed by atoms with E-state index in [0.29, 0.717) is 12.6 Å². The molecular formula is C12H12F3NO. The van der Waals surface area contributed by atoms with E-state index in [-0.39, 0.29) is 17.9 Å². The molecular weight excluding hydrogens is 231 g/mol. The number of nitrogens with zero attached hydrogens (tertiary/aromatic N) is 1. The molecule has 0 aliphatic heterocycles. The molecule has 0 saturated carbocycles. The first-order valence-electron chi connectivity index (χ1n) is 5.01. The quantitative estimate of drug-likeness (QED) is 0.597. The zero-order valence-electron chi connectivity index (χ0n) is 9.34. The SMILES string of the molecule is C=C(C)CCC(=O)c1ccc(C(F)(F)F)cn1. The predicted molar refractivity (Wildman–Crippen MR) is 57.6 cm³/mol. The second kappa shape index (κ2) is 5.12. The van der Waals surface area contributed by atoms with Crippen molar-refractivity contribution in [1.82, 2.24) is 4.98 Å². The Balaban J connectivity index is 2.74. The van der Waals surface area contributed by atoms with E-state index in [1.807, 2.05) is 0 Å². The predicted octanol–water partition coefficient (Wildman–Crippen LogP) is 3.64. The molecule has 0 aliphatic carbocycles. The van der Waals surface area contributed by atoms with Crippen LogP contribution < -0.4 is 0 Å². The van der Waals surface area contributed by atoms with Crippen LogP contribution in [0.3, 0.4) is 0 Å². The van der Waals surface area contributed by atoms with Gasteiger partial charge in [-0.2, -0.15) is 13.2 Å². The number of carbonyl (C=O) groups is 1. The monoisotopic (exact) mass is 243 g/mol. The normalized spacial score (nSPS) is 11.3. The second-order valence-corrected chi connectivity index (χ2v) is 3.81. The van der Waals surface area contributed by atoms with E-state index in [1.54, 1.807) is 6.92 Å². The fourth-order valence-electron chi connectivity index (χ4n) is 1.18. The van der Waals surface area contributed by atoms with Gasteiger partial charge >= 0.3 is 6.18 Å². The zero-order valence-corrected chi connectivity index (χ0v) is 9.34. The molecule has 0 aromatic carbocycles. The minimum Gasteiger partial charge on any atom is -0.292 e. The maximum atomic E-state index is 12.2. The first-order valence-corrected chi connectivity index (χ1v) is 5.01. The number of carbonyl (C=O) groups excluding carboxylic acids is 1. The standard InChI is InChI=1S/C12H12F3NO/c1-8(2)3-6-11(17)10-5-4-9(7-16-10)12(13,14)15/h4-5,7H,1,3,6H2,2H3. The van der Waals surface area contributed by atoms with Gasteiger partial charge in [-0.25, -0.2) is 0 Å². The summed E-state index contributed by atoms with van der Waals surface area (Å²) < 4.78 is 36.7. The van der Waals surface area contributed by atoms with Gasteiger partial charge in [-0.15, -0.1) is 6.58 Å². The molecule has 0 bridgehead atoms. The largest absolute Gasteiger partial charge is 0.417 e. The minimum atomic E-state index is -4.42. The highest BCUT2D eigenvalue weighted by molar-refractivity contribution is 5.94. The van der Waals surface area contributed by atoms with Gasteiger partial charge in [0.1, 0.15) is 5.69 Å². The average Bonchev–Trinajstić information content (AvgIpc) is 2.25. The second-order valence-electron chi connectivity index (χ2n) is 3.81. The highest BCUT2D eigenvalue weighted by Crippen LogP contribution is 2.28. The van der Waals surface area contributed by atoms with E-state index in [1.165, 1.54) is 0 Å². The first kappa shape index (κ1) is 13.4. The van der Waals surface area contributed by atoms with Crippen molar-refractivity contribution in [2.24, 2.45) is 0 Å². The highest BCUT2D eigenvalue weighted by atomic mass is 19.4. The first-order chi connectivity index (χ1) is 7.80. The molecule has 92 valence electrons. The van der Waals surface area contributed by atoms with Crippen molar-refractivity contribution < 1.29 is 18.0 Å². The Morgan fingerprint density at radius 3 is 2.41 bits per heavy atom. The maximum absolute atomic E-state index is 12.2. The number of hydrogen-bond acceptors (Lipinski definition) is 2. The summed E-state index contributed by atoms with van der Waals surface area (Å²) >= 11 is 0. The lowest BCUT2D eigenvalue weighted by Gasteiger charge is -2.06. The molecule has 0 aliphatic rings. The van der Waals surface area contributed by atoms with E-state index < -0.39 is 11.7 Å². The molecule has 0 radical (unpaired) electrons. The smallest absolute Gasteiger partial charge is 0.292 e. The van der Waals surface area contributed by atoms with Gasteiger partial charge in [0.05, 0.1) is 5.56 Å². The van der Waals surface area contributed by atoms with Crippen LogP contribution in [0.25, 0.3) is 0 Å². The van der Waals surface area contributed by atoms with Crippen LogP contribution in [0.5, 0.6) is 0 Å². The number of hydrogen-bond donors (Lipinski definition) is 0. The molecule has 0 atom stereocenters. The van der Waals surface area contributed by atoms with Crippen LogP contribution in [0.4, 0.5) is 13.2 Å². The Morgan fingerprint density at radius 1 is 1.35 bits per heavy atom. The van der Waals surface area contributed by atoms with E-state index in [4.69, 9.17) is 0 Å². The molecule has 1 aromatic rings. The van der Waals surface area contributed by atoms with Crippen LogP contribution in [0, 0.1) is 0 Å². The number of Topliss-reactive ketones (excluding diaryl/α,β-unsaturated/α-hetero) is 1. The van der Waals surface area contributed by atoms with Crippen LogP contribution in [0.15, 0.2) is 30.5 Å². The molecule has 0 spiro atoms. The summed E-state index contributed by atoms with van der Waals surface area (Å²) in [4.78, 5) is 15.0. The minimum absolute atomic E-state index is 0.0549. The van der Waals surface area contributed by atoms with E-state index in [0.717, 1.165) is 17.7 Å². The molecule has 0 amide bonds. The van der Waals surface area contributed by atoms with E-state index in [2.05, 4.69) is 11.6 Å². The van der Waals surface area contributed by atoms with Crippen molar-refractivity contribution in [1.29, 1.82) is 0 Å². The molecule has 1 rings (SSSR count). The molecule has 0 saturated heterocycles. The van der Waals surface area contributed by atoms with Gasteiger partial charge in [0.25, 0.3) is 0 Å². The summed E-state index contributed by atoms with van der Waals surface area (Å²) in [6, 6.07) is 1.96. The number of aromatic nitrogens is 1. The number of allylic oxidation sites excluding steroid dienone is 1. The summed E-state index contributed by atoms with van der Waals surface area (Å²) in [5, 5.41) is 0. The lowest BCUT2D eigenvalue weighted by Crippen LogP contribution is -2.08. The summed E-state index contributed by atoms with van der Waals surface area (Å²) in [7, 11) is 0. The van der Waals surface area contributed by atoms with E-state index >= 15 is 0 Å². The van der Waals surface area contributed by atoms with Gasteiger partial charge in [0.2, 0.25) is 0 Å². The third-order valence-electron chi connectivity index (χ3n) is 2.16. The number of rotatable bonds is 4. The Hall–Kier alpha value is -1.65. The topological polar surface area (TPSA) is 30.0 Å². The fraction of sp³-hybridized carbons (Fsp3) is 0.333. The van der Waals surface area contributed by atoms with Crippen molar-refractivity contribution in [3.05, 3.63) is 41.7 Å². The van der Waals surface area contributed by atoms with E-state index in [9.17, 15) is 18.0 Å². The number of alkyl halides is 3.